The van der Waals surface area contributed by atoms with E-state index in [9.17, 15) is 4.79 Å². The van der Waals surface area contributed by atoms with E-state index in [2.05, 4.69) is 24.3 Å². The van der Waals surface area contributed by atoms with Crippen LogP contribution in [-0.4, -0.2) is 36.4 Å². The number of hydrazone groups is 1. The van der Waals surface area contributed by atoms with Gasteiger partial charge in [0.05, 0.1) is 5.69 Å². The summed E-state index contributed by atoms with van der Waals surface area (Å²) in [6.07, 6.45) is 2.72. The normalized spacial score (nSPS) is 15.5. The zero-order valence-corrected chi connectivity index (χ0v) is 15.0. The fourth-order valence-corrected chi connectivity index (χ4v) is 3.04. The molecule has 0 saturated carbocycles. The molecule has 1 aliphatic heterocycles. The second-order valence-electron chi connectivity index (χ2n) is 6.97. The Balaban J connectivity index is 1.90. The van der Waals surface area contributed by atoms with Crippen molar-refractivity contribution >= 4 is 17.3 Å². The minimum absolute atomic E-state index is 0.0608. The van der Waals surface area contributed by atoms with E-state index in [0.717, 1.165) is 37.2 Å². The number of hydrogen-bond acceptors (Lipinski definition) is 4. The van der Waals surface area contributed by atoms with Crippen LogP contribution in [0, 0.1) is 11.8 Å². The van der Waals surface area contributed by atoms with Gasteiger partial charge >= 0.3 is 0 Å². The zero-order valence-electron chi connectivity index (χ0n) is 15.0. The van der Waals surface area contributed by atoms with Crippen molar-refractivity contribution in [3.8, 4) is 0 Å². The number of aliphatic hydroxyl groups excluding tert-OH is 1. The van der Waals surface area contributed by atoms with Crippen molar-refractivity contribution in [1.29, 1.82) is 0 Å². The van der Waals surface area contributed by atoms with Crippen LogP contribution in [0.4, 0.5) is 5.69 Å². The van der Waals surface area contributed by atoms with Gasteiger partial charge in [-0.25, -0.2) is 0 Å². The fraction of sp³-hybridized carbons (Fsp3) is 0.579. The minimum atomic E-state index is -0.0608. The van der Waals surface area contributed by atoms with Gasteiger partial charge < -0.3 is 10.4 Å². The van der Waals surface area contributed by atoms with Crippen LogP contribution in [-0.2, 0) is 0 Å². The maximum Gasteiger partial charge on any atom is 0.251 e. The molecule has 0 spiro atoms. The lowest BCUT2D eigenvalue weighted by atomic mass is 9.94. The standard InChI is InChI=1S/C19H29N3O2/c1-14(2)12-16(9-11-23)13-20-19(24)17-4-6-18(7-5-17)22-10-8-15(3)21-22/h4-7,14,16,23H,8-13H2,1-3H3,(H,20,24). The molecule has 1 aromatic carbocycles. The number of amides is 1. The van der Waals surface area contributed by atoms with Crippen LogP contribution in [0.15, 0.2) is 29.4 Å². The van der Waals surface area contributed by atoms with E-state index in [1.165, 1.54) is 0 Å². The third kappa shape index (κ3) is 5.34. The smallest absolute Gasteiger partial charge is 0.251 e. The summed E-state index contributed by atoms with van der Waals surface area (Å²) in [5.41, 5.74) is 2.81. The Labute approximate surface area is 144 Å². The molecule has 0 saturated heterocycles. The average molecular weight is 331 g/mol. The molecule has 5 nitrogen and oxygen atoms in total. The first-order valence-corrected chi connectivity index (χ1v) is 8.80. The van der Waals surface area contributed by atoms with Gasteiger partial charge in [-0.15, -0.1) is 0 Å². The predicted molar refractivity (Wildman–Crippen MR) is 98.5 cm³/mol. The van der Waals surface area contributed by atoms with E-state index in [1.807, 2.05) is 36.2 Å². The Bertz CT molecular complexity index is 566. The molecular weight excluding hydrogens is 302 g/mol. The number of rotatable bonds is 8. The summed E-state index contributed by atoms with van der Waals surface area (Å²) in [6.45, 7) is 8.02. The molecule has 1 amide bonds. The van der Waals surface area contributed by atoms with Gasteiger partial charge in [-0.3, -0.25) is 9.80 Å². The third-order valence-electron chi connectivity index (χ3n) is 4.30. The Morgan fingerprint density at radius 1 is 1.33 bits per heavy atom. The van der Waals surface area contributed by atoms with E-state index in [1.54, 1.807) is 0 Å². The number of benzene rings is 1. The molecule has 0 bridgehead atoms. The van der Waals surface area contributed by atoms with Gasteiger partial charge in [0.2, 0.25) is 0 Å². The van der Waals surface area contributed by atoms with Crippen LogP contribution in [0.25, 0.3) is 0 Å². The Morgan fingerprint density at radius 3 is 2.58 bits per heavy atom. The van der Waals surface area contributed by atoms with Crippen LogP contribution in [0.2, 0.25) is 0 Å². The Morgan fingerprint density at radius 2 is 2.04 bits per heavy atom. The molecule has 0 fully saturated rings. The summed E-state index contributed by atoms with van der Waals surface area (Å²) in [6, 6.07) is 7.57. The minimum Gasteiger partial charge on any atom is -0.396 e. The molecule has 1 aliphatic rings. The first-order chi connectivity index (χ1) is 11.5. The highest BCUT2D eigenvalue weighted by Gasteiger charge is 2.15. The quantitative estimate of drug-likeness (QED) is 0.769. The number of anilines is 1. The topological polar surface area (TPSA) is 64.9 Å². The second-order valence-corrected chi connectivity index (χ2v) is 6.97. The van der Waals surface area contributed by atoms with Crippen LogP contribution in [0.5, 0.6) is 0 Å². The van der Waals surface area contributed by atoms with Gasteiger partial charge in [0.1, 0.15) is 0 Å². The lowest BCUT2D eigenvalue weighted by Crippen LogP contribution is -2.30. The van der Waals surface area contributed by atoms with Gasteiger partial charge in [-0.2, -0.15) is 5.10 Å². The molecular formula is C19H29N3O2. The number of hydrogen-bond donors (Lipinski definition) is 2. The van der Waals surface area contributed by atoms with Crippen molar-refractivity contribution in [2.45, 2.75) is 40.0 Å². The SMILES string of the molecule is CC1=NN(c2ccc(C(=O)NCC(CCO)CC(C)C)cc2)CC1. The summed E-state index contributed by atoms with van der Waals surface area (Å²) in [5, 5.41) is 18.6. The molecule has 1 atom stereocenters. The predicted octanol–water partition coefficient (Wildman–Crippen LogP) is 3.05. The largest absolute Gasteiger partial charge is 0.396 e. The number of carbonyl (C=O) groups excluding carboxylic acids is 1. The highest BCUT2D eigenvalue weighted by Crippen LogP contribution is 2.20. The maximum absolute atomic E-state index is 12.3. The first-order valence-electron chi connectivity index (χ1n) is 8.80. The third-order valence-corrected chi connectivity index (χ3v) is 4.30. The van der Waals surface area contributed by atoms with Crippen molar-refractivity contribution in [2.75, 3.05) is 24.7 Å². The van der Waals surface area contributed by atoms with Crippen molar-refractivity contribution in [3.05, 3.63) is 29.8 Å². The lowest BCUT2D eigenvalue weighted by molar-refractivity contribution is 0.0941. The molecule has 0 aromatic heterocycles. The van der Waals surface area contributed by atoms with Crippen molar-refractivity contribution in [3.63, 3.8) is 0 Å². The summed E-state index contributed by atoms with van der Waals surface area (Å²) in [4.78, 5) is 12.3. The Kier molecular flexibility index (Phi) is 6.79. The van der Waals surface area contributed by atoms with E-state index >= 15 is 0 Å². The molecule has 0 aliphatic carbocycles. The van der Waals surface area contributed by atoms with Gasteiger partial charge in [0, 0.05) is 37.4 Å². The van der Waals surface area contributed by atoms with Gasteiger partial charge in [-0.1, -0.05) is 13.8 Å². The van der Waals surface area contributed by atoms with E-state index in [0.29, 0.717) is 23.9 Å². The summed E-state index contributed by atoms with van der Waals surface area (Å²) in [5.74, 6) is 0.816. The molecule has 1 aromatic rings. The van der Waals surface area contributed by atoms with Crippen LogP contribution >= 0.6 is 0 Å². The lowest BCUT2D eigenvalue weighted by Gasteiger charge is -2.19. The molecule has 5 heteroatoms. The first kappa shape index (κ1) is 18.5. The highest BCUT2D eigenvalue weighted by molar-refractivity contribution is 5.94. The van der Waals surface area contributed by atoms with Crippen LogP contribution in [0.1, 0.15) is 50.4 Å². The van der Waals surface area contributed by atoms with Gasteiger partial charge in [0.25, 0.3) is 5.91 Å². The van der Waals surface area contributed by atoms with Crippen LogP contribution in [0.3, 0.4) is 0 Å². The average Bonchev–Trinajstić information content (AvgIpc) is 2.99. The van der Waals surface area contributed by atoms with Crippen molar-refractivity contribution in [2.24, 2.45) is 16.9 Å². The van der Waals surface area contributed by atoms with Crippen molar-refractivity contribution < 1.29 is 9.90 Å². The highest BCUT2D eigenvalue weighted by atomic mass is 16.3. The molecule has 1 unspecified atom stereocenters. The monoisotopic (exact) mass is 331 g/mol. The number of carbonyl (C=O) groups is 1. The van der Waals surface area contributed by atoms with E-state index in [4.69, 9.17) is 5.11 Å². The summed E-state index contributed by atoms with van der Waals surface area (Å²) in [7, 11) is 0. The molecule has 2 N–H and O–H groups in total. The zero-order chi connectivity index (χ0) is 17.5. The molecule has 1 heterocycles. The van der Waals surface area contributed by atoms with E-state index in [-0.39, 0.29) is 12.5 Å². The fourth-order valence-electron chi connectivity index (χ4n) is 3.04. The van der Waals surface area contributed by atoms with Gasteiger partial charge in [0.15, 0.2) is 0 Å². The van der Waals surface area contributed by atoms with E-state index < -0.39 is 0 Å². The summed E-state index contributed by atoms with van der Waals surface area (Å²) >= 11 is 0. The molecule has 0 radical (unpaired) electrons. The summed E-state index contributed by atoms with van der Waals surface area (Å²) < 4.78 is 0. The number of nitrogens with zero attached hydrogens (tertiary/aromatic N) is 2. The van der Waals surface area contributed by atoms with Crippen LogP contribution < -0.4 is 10.3 Å². The number of nitrogens with one attached hydrogen (secondary N) is 1. The molecule has 2 rings (SSSR count). The molecule has 24 heavy (non-hydrogen) atoms. The molecule has 132 valence electrons. The van der Waals surface area contributed by atoms with Gasteiger partial charge in [-0.05, 0) is 55.9 Å². The maximum atomic E-state index is 12.3. The second kappa shape index (κ2) is 8.83. The number of aliphatic hydroxyl groups is 1. The Hall–Kier alpha value is -1.88. The van der Waals surface area contributed by atoms with Crippen molar-refractivity contribution in [1.82, 2.24) is 5.32 Å².